The van der Waals surface area contributed by atoms with E-state index in [0.29, 0.717) is 31.0 Å². The van der Waals surface area contributed by atoms with E-state index in [1.165, 1.54) is 0 Å². The molecule has 3 rings (SSSR count). The van der Waals surface area contributed by atoms with E-state index >= 15 is 0 Å². The van der Waals surface area contributed by atoms with Crippen LogP contribution in [0.5, 0.6) is 5.75 Å². The molecule has 0 radical (unpaired) electrons. The van der Waals surface area contributed by atoms with Crippen molar-refractivity contribution in [2.45, 2.75) is 40.2 Å². The molecule has 1 aliphatic rings. The number of aliphatic hydroxyl groups is 1. The molecule has 1 atom stereocenters. The third kappa shape index (κ3) is 5.45. The maximum atomic E-state index is 13.2. The van der Waals surface area contributed by atoms with Gasteiger partial charge in [-0.25, -0.2) is 0 Å². The first kappa shape index (κ1) is 24.5. The van der Waals surface area contributed by atoms with Crippen LogP contribution >= 0.6 is 0 Å². The highest BCUT2D eigenvalue weighted by atomic mass is 16.5. The predicted molar refractivity (Wildman–Crippen MR) is 130 cm³/mol. The van der Waals surface area contributed by atoms with E-state index in [9.17, 15) is 14.7 Å². The van der Waals surface area contributed by atoms with Crippen molar-refractivity contribution in [2.75, 3.05) is 32.8 Å². The van der Waals surface area contributed by atoms with Crippen LogP contribution in [0.3, 0.4) is 0 Å². The summed E-state index contributed by atoms with van der Waals surface area (Å²) in [4.78, 5) is 30.1. The van der Waals surface area contributed by atoms with Crippen LogP contribution < -0.4 is 4.74 Å². The van der Waals surface area contributed by atoms with E-state index in [4.69, 9.17) is 4.74 Å². The highest BCUT2D eigenvalue weighted by molar-refractivity contribution is 6.46. The second-order valence-corrected chi connectivity index (χ2v) is 8.31. The Morgan fingerprint density at radius 2 is 1.76 bits per heavy atom. The minimum Gasteiger partial charge on any atom is -0.507 e. The normalized spacial score (nSPS) is 17.7. The summed E-state index contributed by atoms with van der Waals surface area (Å²) in [6.45, 7) is 11.5. The molecule has 176 valence electrons. The Balaban J connectivity index is 2.06. The van der Waals surface area contributed by atoms with Crippen LogP contribution in [0.15, 0.2) is 54.1 Å². The summed E-state index contributed by atoms with van der Waals surface area (Å²) in [7, 11) is 0. The quantitative estimate of drug-likeness (QED) is 0.327. The summed E-state index contributed by atoms with van der Waals surface area (Å²) < 4.78 is 5.69. The molecule has 0 aromatic heterocycles. The van der Waals surface area contributed by atoms with Crippen molar-refractivity contribution in [2.24, 2.45) is 0 Å². The van der Waals surface area contributed by atoms with E-state index in [0.717, 1.165) is 30.6 Å². The van der Waals surface area contributed by atoms with Gasteiger partial charge in [0.15, 0.2) is 0 Å². The summed E-state index contributed by atoms with van der Waals surface area (Å²) in [5, 5.41) is 11.2. The standard InChI is InChI=1S/C27H34N2O4/c1-5-17-33-22-10-8-9-21(18-22)25(30)23-24(20-13-11-19(4)12-14-20)29(27(32)26(23)31)16-15-28(6-2)7-3/h8-14,18,24,30H,5-7,15-17H2,1-4H3/b25-23+. The molecule has 1 N–H and O–H groups in total. The molecule has 1 fully saturated rings. The van der Waals surface area contributed by atoms with E-state index in [1.807, 2.05) is 44.2 Å². The number of nitrogens with zero attached hydrogens (tertiary/aromatic N) is 2. The Bertz CT molecular complexity index is 1010. The second kappa shape index (κ2) is 11.1. The van der Waals surface area contributed by atoms with Crippen molar-refractivity contribution in [3.05, 3.63) is 70.8 Å². The van der Waals surface area contributed by atoms with E-state index in [1.54, 1.807) is 23.1 Å². The Morgan fingerprint density at radius 1 is 1.06 bits per heavy atom. The Kier molecular flexibility index (Phi) is 8.28. The molecule has 1 saturated heterocycles. The lowest BCUT2D eigenvalue weighted by atomic mass is 9.94. The summed E-state index contributed by atoms with van der Waals surface area (Å²) >= 11 is 0. The van der Waals surface area contributed by atoms with E-state index in [2.05, 4.69) is 18.7 Å². The SMILES string of the molecule is CCCOc1cccc(/C(O)=C2\C(=O)C(=O)N(CCN(CC)CC)C2c2ccc(C)cc2)c1. The first-order valence-electron chi connectivity index (χ1n) is 11.7. The minimum absolute atomic E-state index is 0.121. The van der Waals surface area contributed by atoms with Crippen molar-refractivity contribution < 1.29 is 19.4 Å². The van der Waals surface area contributed by atoms with Gasteiger partial charge in [-0.1, -0.05) is 62.7 Å². The highest BCUT2D eigenvalue weighted by Crippen LogP contribution is 2.39. The van der Waals surface area contributed by atoms with Crippen LogP contribution in [0, 0.1) is 6.92 Å². The van der Waals surface area contributed by atoms with Gasteiger partial charge < -0.3 is 19.6 Å². The number of hydrogen-bond donors (Lipinski definition) is 1. The molecule has 2 aromatic rings. The summed E-state index contributed by atoms with van der Waals surface area (Å²) in [6, 6.07) is 14.1. The number of hydrogen-bond acceptors (Lipinski definition) is 5. The largest absolute Gasteiger partial charge is 0.507 e. The molecule has 1 heterocycles. The van der Waals surface area contributed by atoms with Crippen LogP contribution in [-0.2, 0) is 9.59 Å². The molecule has 0 spiro atoms. The molecule has 0 saturated carbocycles. The molecule has 33 heavy (non-hydrogen) atoms. The van der Waals surface area contributed by atoms with Gasteiger partial charge in [-0.2, -0.15) is 0 Å². The Labute approximate surface area is 196 Å². The number of Topliss-reactive ketones (excluding diaryl/α,β-unsaturated/α-hetero) is 1. The fourth-order valence-corrected chi connectivity index (χ4v) is 4.10. The van der Waals surface area contributed by atoms with Crippen LogP contribution in [0.1, 0.15) is 49.9 Å². The van der Waals surface area contributed by atoms with Crippen molar-refractivity contribution in [3.8, 4) is 5.75 Å². The van der Waals surface area contributed by atoms with Crippen molar-refractivity contribution in [1.82, 2.24) is 9.80 Å². The zero-order valence-electron chi connectivity index (χ0n) is 20.0. The van der Waals surface area contributed by atoms with Crippen molar-refractivity contribution >= 4 is 17.4 Å². The zero-order valence-corrected chi connectivity index (χ0v) is 20.0. The smallest absolute Gasteiger partial charge is 0.295 e. The van der Waals surface area contributed by atoms with Crippen LogP contribution in [-0.4, -0.2) is 59.4 Å². The monoisotopic (exact) mass is 450 g/mol. The average Bonchev–Trinajstić information content (AvgIpc) is 3.08. The highest BCUT2D eigenvalue weighted by Gasteiger charge is 2.45. The molecule has 2 aromatic carbocycles. The van der Waals surface area contributed by atoms with E-state index < -0.39 is 17.7 Å². The fourth-order valence-electron chi connectivity index (χ4n) is 4.10. The maximum Gasteiger partial charge on any atom is 0.295 e. The lowest BCUT2D eigenvalue weighted by Gasteiger charge is -2.28. The number of aliphatic hydroxyl groups excluding tert-OH is 1. The zero-order chi connectivity index (χ0) is 24.0. The van der Waals surface area contributed by atoms with Crippen molar-refractivity contribution in [1.29, 1.82) is 0 Å². The molecule has 1 aliphatic heterocycles. The van der Waals surface area contributed by atoms with Crippen LogP contribution in [0.2, 0.25) is 0 Å². The van der Waals surface area contributed by atoms with Gasteiger partial charge in [0.05, 0.1) is 18.2 Å². The lowest BCUT2D eigenvalue weighted by molar-refractivity contribution is -0.140. The molecular weight excluding hydrogens is 416 g/mol. The molecule has 1 unspecified atom stereocenters. The van der Waals surface area contributed by atoms with Gasteiger partial charge in [-0.3, -0.25) is 9.59 Å². The van der Waals surface area contributed by atoms with Crippen molar-refractivity contribution in [3.63, 3.8) is 0 Å². The number of benzene rings is 2. The fraction of sp³-hybridized carbons (Fsp3) is 0.407. The molecule has 1 amide bonds. The van der Waals surface area contributed by atoms with Crippen LogP contribution in [0.4, 0.5) is 0 Å². The van der Waals surface area contributed by atoms with E-state index in [-0.39, 0.29) is 11.3 Å². The number of rotatable bonds is 10. The Morgan fingerprint density at radius 3 is 2.39 bits per heavy atom. The van der Waals surface area contributed by atoms with Gasteiger partial charge in [-0.15, -0.1) is 0 Å². The first-order valence-corrected chi connectivity index (χ1v) is 11.7. The number of ether oxygens (including phenoxy) is 1. The van der Waals surface area contributed by atoms with Gasteiger partial charge >= 0.3 is 0 Å². The second-order valence-electron chi connectivity index (χ2n) is 8.31. The van der Waals surface area contributed by atoms with Gasteiger partial charge in [0.25, 0.3) is 11.7 Å². The minimum atomic E-state index is -0.655. The van der Waals surface area contributed by atoms with Crippen LogP contribution in [0.25, 0.3) is 5.76 Å². The predicted octanol–water partition coefficient (Wildman–Crippen LogP) is 4.55. The third-order valence-electron chi connectivity index (χ3n) is 6.06. The van der Waals surface area contributed by atoms with Gasteiger partial charge in [0, 0.05) is 18.7 Å². The van der Waals surface area contributed by atoms with Gasteiger partial charge in [0.1, 0.15) is 11.5 Å². The maximum absolute atomic E-state index is 13.2. The lowest BCUT2D eigenvalue weighted by Crippen LogP contribution is -2.38. The Hall–Kier alpha value is -3.12. The number of likely N-dealkylation sites (N-methyl/N-ethyl adjacent to an activating group) is 1. The average molecular weight is 451 g/mol. The summed E-state index contributed by atoms with van der Waals surface area (Å²) in [6.07, 6.45) is 0.862. The number of aryl methyl sites for hydroxylation is 1. The molecular formula is C27H34N2O4. The molecule has 0 aliphatic carbocycles. The van der Waals surface area contributed by atoms with Gasteiger partial charge in [0.2, 0.25) is 0 Å². The third-order valence-corrected chi connectivity index (χ3v) is 6.06. The molecule has 0 bridgehead atoms. The molecule has 6 nitrogen and oxygen atoms in total. The number of likely N-dealkylation sites (tertiary alicyclic amines) is 1. The number of ketones is 1. The first-order chi connectivity index (χ1) is 15.9. The summed E-state index contributed by atoms with van der Waals surface area (Å²) in [5.74, 6) is -0.792. The number of carbonyl (C=O) groups excluding carboxylic acids is 2. The topological polar surface area (TPSA) is 70.1 Å². The number of amides is 1. The summed E-state index contributed by atoms with van der Waals surface area (Å²) in [5.41, 5.74) is 2.47. The van der Waals surface area contributed by atoms with Gasteiger partial charge in [-0.05, 0) is 44.1 Å². The number of carbonyl (C=O) groups is 2. The molecule has 6 heteroatoms.